The van der Waals surface area contributed by atoms with Crippen LogP contribution in [-0.2, 0) is 20.0 Å². The molecule has 3 rings (SSSR count). The lowest BCUT2D eigenvalue weighted by Gasteiger charge is -2.15. The molecule has 10 nitrogen and oxygen atoms in total. The summed E-state index contributed by atoms with van der Waals surface area (Å²) >= 11 is 0. The van der Waals surface area contributed by atoms with Gasteiger partial charge in [0.1, 0.15) is 0 Å². The van der Waals surface area contributed by atoms with Crippen molar-refractivity contribution in [3.63, 3.8) is 0 Å². The van der Waals surface area contributed by atoms with Crippen molar-refractivity contribution >= 4 is 43.2 Å². The average molecular weight is 495 g/mol. The smallest absolute Gasteiger partial charge is 0.238 e. The second-order valence-corrected chi connectivity index (χ2v) is 10.7. The zero-order chi connectivity index (χ0) is 24.2. The molecule has 5 N–H and O–H groups in total. The first kappa shape index (κ1) is 24.5. The molecular formula is C20H23FN6O4S2. The van der Waals surface area contributed by atoms with Crippen molar-refractivity contribution in [1.29, 1.82) is 0 Å². The molecule has 2 aromatic carbocycles. The van der Waals surface area contributed by atoms with E-state index < -0.39 is 31.9 Å². The molecular weight excluding hydrogens is 471 g/mol. The van der Waals surface area contributed by atoms with Gasteiger partial charge in [-0.25, -0.2) is 36.1 Å². The number of nitrogens with two attached hydrogens (primary N) is 1. The van der Waals surface area contributed by atoms with Crippen LogP contribution < -0.4 is 20.5 Å². The van der Waals surface area contributed by atoms with Gasteiger partial charge in [-0.1, -0.05) is 18.2 Å². The molecule has 0 saturated heterocycles. The van der Waals surface area contributed by atoms with Crippen LogP contribution in [0, 0.1) is 5.82 Å². The van der Waals surface area contributed by atoms with E-state index in [9.17, 15) is 21.2 Å². The summed E-state index contributed by atoms with van der Waals surface area (Å²) in [6.45, 7) is 3.28. The molecule has 0 radical (unpaired) electrons. The zero-order valence-electron chi connectivity index (χ0n) is 17.8. The van der Waals surface area contributed by atoms with Crippen molar-refractivity contribution in [2.75, 3.05) is 16.4 Å². The van der Waals surface area contributed by atoms with Gasteiger partial charge in [-0.3, -0.25) is 0 Å². The Bertz CT molecular complexity index is 1350. The molecule has 1 aromatic heterocycles. The number of nitrogens with zero attached hydrogens (tertiary/aromatic N) is 2. The molecule has 0 aliphatic rings. The fourth-order valence-electron chi connectivity index (χ4n) is 2.81. The Kier molecular flexibility index (Phi) is 7.27. The Morgan fingerprint density at radius 3 is 2.36 bits per heavy atom. The fourth-order valence-corrected chi connectivity index (χ4v) is 4.21. The SMILES string of the molecule is CCS(=O)(=O)N[C@@H](C)c1ccc(Nc2nc(Nc3cccc(S(N)(=O)=O)c3)ncc2F)cc1. The molecule has 0 aliphatic carbocycles. The molecule has 3 aromatic rings. The summed E-state index contributed by atoms with van der Waals surface area (Å²) in [6, 6.07) is 12.0. The van der Waals surface area contributed by atoms with E-state index in [1.165, 1.54) is 18.2 Å². The van der Waals surface area contributed by atoms with E-state index in [4.69, 9.17) is 5.14 Å². The van der Waals surface area contributed by atoms with E-state index in [0.29, 0.717) is 11.4 Å². The number of sulfonamides is 2. The van der Waals surface area contributed by atoms with E-state index in [2.05, 4.69) is 25.3 Å². The Balaban J connectivity index is 1.75. The van der Waals surface area contributed by atoms with E-state index in [1.54, 1.807) is 44.2 Å². The van der Waals surface area contributed by atoms with E-state index >= 15 is 0 Å². The highest BCUT2D eigenvalue weighted by atomic mass is 32.2. The third-order valence-electron chi connectivity index (χ3n) is 4.57. The molecule has 0 spiro atoms. The molecule has 1 heterocycles. The van der Waals surface area contributed by atoms with Crippen LogP contribution in [0.2, 0.25) is 0 Å². The highest BCUT2D eigenvalue weighted by Gasteiger charge is 2.14. The molecule has 176 valence electrons. The monoisotopic (exact) mass is 494 g/mol. The molecule has 0 amide bonds. The Labute approximate surface area is 191 Å². The number of aromatic nitrogens is 2. The molecule has 33 heavy (non-hydrogen) atoms. The topological polar surface area (TPSA) is 156 Å². The van der Waals surface area contributed by atoms with Gasteiger partial charge >= 0.3 is 0 Å². The number of anilines is 4. The summed E-state index contributed by atoms with van der Waals surface area (Å²) in [4.78, 5) is 7.86. The van der Waals surface area contributed by atoms with Crippen LogP contribution in [0.25, 0.3) is 0 Å². The number of hydrogen-bond acceptors (Lipinski definition) is 8. The van der Waals surface area contributed by atoms with Gasteiger partial charge in [0.05, 0.1) is 16.8 Å². The lowest BCUT2D eigenvalue weighted by atomic mass is 10.1. The van der Waals surface area contributed by atoms with E-state index in [-0.39, 0.29) is 22.4 Å². The van der Waals surface area contributed by atoms with Crippen molar-refractivity contribution in [3.8, 4) is 0 Å². The van der Waals surface area contributed by atoms with Gasteiger partial charge in [-0.2, -0.15) is 4.98 Å². The normalized spacial score (nSPS) is 12.8. The standard InChI is InChI=1S/C20H23FN6O4S2/c1-3-32(28,29)27-13(2)14-7-9-15(10-8-14)24-19-18(21)12-23-20(26-19)25-16-5-4-6-17(11-16)33(22,30)31/h4-13,27H,3H2,1-2H3,(H2,22,30,31)(H2,23,24,25,26)/t13-/m0/s1. The average Bonchev–Trinajstić information content (AvgIpc) is 2.76. The van der Waals surface area contributed by atoms with Crippen LogP contribution >= 0.6 is 0 Å². The zero-order valence-corrected chi connectivity index (χ0v) is 19.4. The summed E-state index contributed by atoms with van der Waals surface area (Å²) < 4.78 is 63.3. The third kappa shape index (κ3) is 6.68. The van der Waals surface area contributed by atoms with Gasteiger partial charge in [0, 0.05) is 17.4 Å². The maximum atomic E-state index is 14.3. The first-order chi connectivity index (χ1) is 15.5. The first-order valence-electron chi connectivity index (χ1n) is 9.76. The van der Waals surface area contributed by atoms with Crippen LogP contribution in [0.15, 0.2) is 59.6 Å². The number of primary sulfonamides is 1. The van der Waals surface area contributed by atoms with Crippen LogP contribution in [0.3, 0.4) is 0 Å². The molecule has 0 aliphatic heterocycles. The van der Waals surface area contributed by atoms with Crippen LogP contribution in [-0.4, -0.2) is 32.6 Å². The summed E-state index contributed by atoms with van der Waals surface area (Å²) in [5, 5.41) is 10.8. The maximum Gasteiger partial charge on any atom is 0.238 e. The summed E-state index contributed by atoms with van der Waals surface area (Å²) in [6.07, 6.45) is 0.969. The summed E-state index contributed by atoms with van der Waals surface area (Å²) in [5.74, 6) is -0.800. The van der Waals surface area contributed by atoms with Gasteiger partial charge in [-0.05, 0) is 49.7 Å². The van der Waals surface area contributed by atoms with Gasteiger partial charge in [0.2, 0.25) is 26.0 Å². The number of halogens is 1. The second kappa shape index (κ2) is 9.79. The van der Waals surface area contributed by atoms with Crippen molar-refractivity contribution < 1.29 is 21.2 Å². The van der Waals surface area contributed by atoms with E-state index in [1.807, 2.05) is 0 Å². The Morgan fingerprint density at radius 1 is 1.03 bits per heavy atom. The Hall–Kier alpha value is -3.13. The van der Waals surface area contributed by atoms with Crippen molar-refractivity contribution in [2.45, 2.75) is 24.8 Å². The van der Waals surface area contributed by atoms with Crippen LogP contribution in [0.4, 0.5) is 27.5 Å². The summed E-state index contributed by atoms with van der Waals surface area (Å²) in [7, 11) is -7.24. The van der Waals surface area contributed by atoms with Crippen molar-refractivity contribution in [3.05, 3.63) is 66.1 Å². The van der Waals surface area contributed by atoms with Crippen LogP contribution in [0.5, 0.6) is 0 Å². The minimum atomic E-state index is -3.89. The lowest BCUT2D eigenvalue weighted by molar-refractivity contribution is 0.568. The minimum absolute atomic E-state index is 0.0212. The molecule has 0 saturated carbocycles. The number of nitrogens with one attached hydrogen (secondary N) is 3. The largest absolute Gasteiger partial charge is 0.338 e. The highest BCUT2D eigenvalue weighted by Crippen LogP contribution is 2.23. The number of benzene rings is 2. The molecule has 13 heteroatoms. The quantitative estimate of drug-likeness (QED) is 0.354. The predicted octanol–water partition coefficient (Wildman–Crippen LogP) is 2.75. The highest BCUT2D eigenvalue weighted by molar-refractivity contribution is 7.89. The third-order valence-corrected chi connectivity index (χ3v) is 6.96. The van der Waals surface area contributed by atoms with E-state index in [0.717, 1.165) is 11.8 Å². The fraction of sp³-hybridized carbons (Fsp3) is 0.200. The first-order valence-corrected chi connectivity index (χ1v) is 13.0. The molecule has 0 fully saturated rings. The molecule has 1 atom stereocenters. The van der Waals surface area contributed by atoms with Crippen molar-refractivity contribution in [2.24, 2.45) is 5.14 Å². The van der Waals surface area contributed by atoms with Gasteiger partial charge in [0.15, 0.2) is 11.6 Å². The molecule has 0 unspecified atom stereocenters. The minimum Gasteiger partial charge on any atom is -0.338 e. The number of hydrogen-bond donors (Lipinski definition) is 4. The van der Waals surface area contributed by atoms with Gasteiger partial charge < -0.3 is 10.6 Å². The maximum absolute atomic E-state index is 14.3. The second-order valence-electron chi connectivity index (χ2n) is 7.08. The van der Waals surface area contributed by atoms with Gasteiger partial charge in [-0.15, -0.1) is 0 Å². The number of rotatable bonds is 9. The van der Waals surface area contributed by atoms with Crippen molar-refractivity contribution in [1.82, 2.24) is 14.7 Å². The van der Waals surface area contributed by atoms with Crippen LogP contribution in [0.1, 0.15) is 25.5 Å². The Morgan fingerprint density at radius 2 is 1.73 bits per heavy atom. The summed E-state index contributed by atoms with van der Waals surface area (Å²) in [5.41, 5.74) is 1.61. The molecule has 0 bridgehead atoms. The predicted molar refractivity (Wildman–Crippen MR) is 124 cm³/mol. The van der Waals surface area contributed by atoms with Gasteiger partial charge in [0.25, 0.3) is 0 Å². The lowest BCUT2D eigenvalue weighted by Crippen LogP contribution is -2.28.